The smallest absolute Gasteiger partial charge is 0.347 e. The maximum absolute atomic E-state index is 11.9. The highest BCUT2D eigenvalue weighted by Gasteiger charge is 2.27. The first-order valence-corrected chi connectivity index (χ1v) is 8.79. The first kappa shape index (κ1) is 17.7. The van der Waals surface area contributed by atoms with Crippen LogP contribution in [-0.4, -0.2) is 29.4 Å². The van der Waals surface area contributed by atoms with Crippen LogP contribution in [0.2, 0.25) is 0 Å². The summed E-state index contributed by atoms with van der Waals surface area (Å²) in [5.41, 5.74) is 1.99. The van der Waals surface area contributed by atoms with E-state index in [0.29, 0.717) is 12.8 Å². The average Bonchev–Trinajstić information content (AvgIpc) is 2.56. The zero-order valence-electron chi connectivity index (χ0n) is 13.0. The molecule has 1 aromatic carbocycles. The Balaban J connectivity index is 2.31. The van der Waals surface area contributed by atoms with Crippen LogP contribution in [0.1, 0.15) is 36.8 Å². The zero-order valence-corrected chi connectivity index (χ0v) is 14.6. The number of alkyl halides is 1. The summed E-state index contributed by atoms with van der Waals surface area (Å²) >= 11 is 3.31. The molecule has 1 aliphatic carbocycles. The van der Waals surface area contributed by atoms with Crippen molar-refractivity contribution in [3.63, 3.8) is 0 Å². The van der Waals surface area contributed by atoms with Crippen LogP contribution in [0.25, 0.3) is 0 Å². The number of carbonyl (C=O) groups excluding carboxylic acids is 1. The number of carbonyl (C=O) groups is 1. The summed E-state index contributed by atoms with van der Waals surface area (Å²) in [5.74, 6) is -0.362. The Morgan fingerprint density at radius 2 is 2.00 bits per heavy atom. The number of ether oxygens (including phenoxy) is 2. The first-order chi connectivity index (χ1) is 11.1. The summed E-state index contributed by atoms with van der Waals surface area (Å²) in [6.45, 7) is 0. The molecule has 0 fully saturated rings. The van der Waals surface area contributed by atoms with Crippen LogP contribution in [0.5, 0.6) is 5.75 Å². The summed E-state index contributed by atoms with van der Waals surface area (Å²) in [6, 6.07) is 3.30. The summed E-state index contributed by atoms with van der Waals surface area (Å²) in [4.78, 5) is 22.7. The molecule has 7 heteroatoms. The van der Waals surface area contributed by atoms with Gasteiger partial charge >= 0.3 is 11.7 Å². The molecule has 6 nitrogen and oxygen atoms in total. The molecule has 0 heterocycles. The van der Waals surface area contributed by atoms with E-state index in [9.17, 15) is 14.9 Å². The van der Waals surface area contributed by atoms with E-state index in [4.69, 9.17) is 9.47 Å². The SMILES string of the molecule is COC(=O)C(CCCBr)Oc1cc2c(cc1[N+](=O)[O-])CCCC2. The van der Waals surface area contributed by atoms with Gasteiger partial charge in [0, 0.05) is 11.4 Å². The van der Waals surface area contributed by atoms with Crippen LogP contribution in [0.15, 0.2) is 12.1 Å². The second-order valence-electron chi connectivity index (χ2n) is 5.51. The lowest BCUT2D eigenvalue weighted by atomic mass is 9.91. The number of fused-ring (bicyclic) bond motifs is 1. The van der Waals surface area contributed by atoms with Crippen molar-refractivity contribution in [3.8, 4) is 5.75 Å². The van der Waals surface area contributed by atoms with Gasteiger partial charge in [0.25, 0.3) is 0 Å². The fourth-order valence-corrected chi connectivity index (χ4v) is 3.08. The Labute approximate surface area is 143 Å². The lowest BCUT2D eigenvalue weighted by Gasteiger charge is -2.20. The number of halogens is 1. The second-order valence-corrected chi connectivity index (χ2v) is 6.31. The standard InChI is InChI=1S/C16H20BrNO5/c1-22-16(19)14(7-4-8-17)23-15-10-12-6-3-2-5-11(12)9-13(15)18(20)21/h9-10,14H,2-8H2,1H3. The quantitative estimate of drug-likeness (QED) is 0.310. The van der Waals surface area contributed by atoms with Crippen LogP contribution >= 0.6 is 15.9 Å². The van der Waals surface area contributed by atoms with Crippen molar-refractivity contribution in [2.45, 2.75) is 44.6 Å². The number of aryl methyl sites for hydroxylation is 2. The van der Waals surface area contributed by atoms with E-state index in [1.54, 1.807) is 12.1 Å². The van der Waals surface area contributed by atoms with Gasteiger partial charge in [0.1, 0.15) is 0 Å². The molecule has 1 aliphatic rings. The second kappa shape index (κ2) is 8.29. The van der Waals surface area contributed by atoms with Crippen LogP contribution < -0.4 is 4.74 Å². The lowest BCUT2D eigenvalue weighted by molar-refractivity contribution is -0.386. The molecule has 23 heavy (non-hydrogen) atoms. The number of hydrogen-bond acceptors (Lipinski definition) is 5. The number of nitro groups is 1. The number of hydrogen-bond donors (Lipinski definition) is 0. The number of nitro benzene ring substituents is 1. The molecule has 2 rings (SSSR count). The zero-order chi connectivity index (χ0) is 16.8. The topological polar surface area (TPSA) is 78.7 Å². The molecular formula is C16H20BrNO5. The molecule has 0 bridgehead atoms. The highest BCUT2D eigenvalue weighted by atomic mass is 79.9. The number of nitrogens with zero attached hydrogens (tertiary/aromatic N) is 1. The molecule has 0 N–H and O–H groups in total. The minimum absolute atomic E-state index is 0.0848. The van der Waals surface area contributed by atoms with E-state index in [1.807, 2.05) is 0 Å². The normalized spacial score (nSPS) is 14.7. The number of rotatable bonds is 7. The van der Waals surface area contributed by atoms with Gasteiger partial charge < -0.3 is 9.47 Å². The fraction of sp³-hybridized carbons (Fsp3) is 0.562. The highest BCUT2D eigenvalue weighted by molar-refractivity contribution is 9.09. The van der Waals surface area contributed by atoms with Gasteiger partial charge in [-0.1, -0.05) is 15.9 Å². The molecule has 1 unspecified atom stereocenters. The van der Waals surface area contributed by atoms with Crippen molar-refractivity contribution < 1.29 is 19.2 Å². The van der Waals surface area contributed by atoms with Gasteiger partial charge in [0.2, 0.25) is 0 Å². The molecule has 0 amide bonds. The van der Waals surface area contributed by atoms with Gasteiger partial charge in [-0.05, 0) is 55.7 Å². The van der Waals surface area contributed by atoms with E-state index in [2.05, 4.69) is 15.9 Å². The Hall–Kier alpha value is -1.63. The van der Waals surface area contributed by atoms with Gasteiger partial charge in [-0.25, -0.2) is 4.79 Å². The molecule has 0 radical (unpaired) electrons. The highest BCUT2D eigenvalue weighted by Crippen LogP contribution is 2.35. The Morgan fingerprint density at radius 3 is 2.57 bits per heavy atom. The third kappa shape index (κ3) is 4.43. The Bertz CT molecular complexity index is 590. The third-order valence-corrected chi connectivity index (χ3v) is 4.51. The van der Waals surface area contributed by atoms with Gasteiger partial charge in [0.15, 0.2) is 11.9 Å². The van der Waals surface area contributed by atoms with E-state index >= 15 is 0 Å². The predicted octanol–water partition coefficient (Wildman–Crippen LogP) is 3.57. The molecule has 1 aromatic rings. The van der Waals surface area contributed by atoms with Crippen LogP contribution in [0.3, 0.4) is 0 Å². The van der Waals surface area contributed by atoms with Crippen LogP contribution in [-0.2, 0) is 22.4 Å². The van der Waals surface area contributed by atoms with E-state index in [0.717, 1.165) is 42.1 Å². The summed E-state index contributed by atoms with van der Waals surface area (Å²) in [6.07, 6.45) is 4.14. The Kier molecular flexibility index (Phi) is 6.38. The Morgan fingerprint density at radius 1 is 1.35 bits per heavy atom. The van der Waals surface area contributed by atoms with E-state index in [-0.39, 0.29) is 11.4 Å². The monoisotopic (exact) mass is 385 g/mol. The predicted molar refractivity (Wildman–Crippen MR) is 89.2 cm³/mol. The maximum Gasteiger partial charge on any atom is 0.347 e. The van der Waals surface area contributed by atoms with E-state index in [1.165, 1.54) is 7.11 Å². The molecular weight excluding hydrogens is 366 g/mol. The largest absolute Gasteiger partial charge is 0.472 e. The molecule has 0 aliphatic heterocycles. The van der Waals surface area contributed by atoms with Crippen molar-refractivity contribution in [2.24, 2.45) is 0 Å². The van der Waals surface area contributed by atoms with Gasteiger partial charge in [-0.3, -0.25) is 10.1 Å². The molecule has 0 saturated carbocycles. The molecule has 126 valence electrons. The number of methoxy groups -OCH3 is 1. The van der Waals surface area contributed by atoms with Crippen molar-refractivity contribution in [3.05, 3.63) is 33.4 Å². The van der Waals surface area contributed by atoms with Crippen molar-refractivity contribution >= 4 is 27.6 Å². The van der Waals surface area contributed by atoms with Gasteiger partial charge in [-0.2, -0.15) is 0 Å². The first-order valence-electron chi connectivity index (χ1n) is 7.67. The summed E-state index contributed by atoms with van der Waals surface area (Å²) in [5, 5.41) is 12.1. The minimum Gasteiger partial charge on any atom is -0.472 e. The number of benzene rings is 1. The molecule has 0 aromatic heterocycles. The van der Waals surface area contributed by atoms with Crippen molar-refractivity contribution in [1.82, 2.24) is 0 Å². The molecule has 0 spiro atoms. The maximum atomic E-state index is 11.9. The van der Waals surface area contributed by atoms with E-state index < -0.39 is 17.0 Å². The van der Waals surface area contributed by atoms with Gasteiger partial charge in [0.05, 0.1) is 12.0 Å². The number of esters is 1. The fourth-order valence-electron chi connectivity index (χ4n) is 2.76. The molecule has 1 atom stereocenters. The lowest BCUT2D eigenvalue weighted by Crippen LogP contribution is -2.29. The van der Waals surface area contributed by atoms with Crippen molar-refractivity contribution in [1.29, 1.82) is 0 Å². The minimum atomic E-state index is -0.835. The van der Waals surface area contributed by atoms with Gasteiger partial charge in [-0.15, -0.1) is 0 Å². The summed E-state index contributed by atoms with van der Waals surface area (Å²) < 4.78 is 10.4. The average molecular weight is 386 g/mol. The van der Waals surface area contributed by atoms with Crippen molar-refractivity contribution in [2.75, 3.05) is 12.4 Å². The third-order valence-electron chi connectivity index (χ3n) is 3.95. The van der Waals surface area contributed by atoms with Crippen LogP contribution in [0, 0.1) is 10.1 Å². The molecule has 0 saturated heterocycles. The van der Waals surface area contributed by atoms with Crippen LogP contribution in [0.4, 0.5) is 5.69 Å². The summed E-state index contributed by atoms with van der Waals surface area (Å²) in [7, 11) is 1.29.